The topological polar surface area (TPSA) is 54.1 Å². The second kappa shape index (κ2) is 5.70. The number of ether oxygens (including phenoxy) is 1. The fourth-order valence-electron chi connectivity index (χ4n) is 1.49. The number of esters is 1. The first-order valence-corrected chi connectivity index (χ1v) is 5.53. The van der Waals surface area contributed by atoms with Gasteiger partial charge in [0.25, 0.3) is 0 Å². The number of aromatic amines is 1. The van der Waals surface area contributed by atoms with Gasteiger partial charge < -0.3 is 15.0 Å². The van der Waals surface area contributed by atoms with Crippen LogP contribution >= 0.6 is 0 Å². The highest BCUT2D eigenvalue weighted by Gasteiger charge is 2.25. The zero-order valence-corrected chi connectivity index (χ0v) is 10.2. The Morgan fingerprint density at radius 3 is 2.88 bits per heavy atom. The minimum Gasteiger partial charge on any atom is -0.469 e. The van der Waals surface area contributed by atoms with Crippen molar-refractivity contribution in [2.24, 2.45) is 0 Å². The lowest BCUT2D eigenvalue weighted by molar-refractivity contribution is -0.142. The van der Waals surface area contributed by atoms with E-state index >= 15 is 0 Å². The highest BCUT2D eigenvalue weighted by atomic mass is 16.5. The number of hydrogen-bond donors (Lipinski definition) is 2. The predicted molar refractivity (Wildman–Crippen MR) is 63.0 cm³/mol. The number of nitrogens with one attached hydrogen (secondary N) is 2. The summed E-state index contributed by atoms with van der Waals surface area (Å²) in [4.78, 5) is 14.3. The molecule has 1 aromatic heterocycles. The van der Waals surface area contributed by atoms with Crippen molar-refractivity contribution >= 4 is 5.97 Å². The molecular formula is C12H20N2O2. The van der Waals surface area contributed by atoms with E-state index in [1.807, 2.05) is 25.4 Å². The number of methoxy groups -OCH3 is 1. The molecule has 0 aromatic carbocycles. The summed E-state index contributed by atoms with van der Waals surface area (Å²) in [6.07, 6.45) is 5.11. The van der Waals surface area contributed by atoms with Gasteiger partial charge in [-0.2, -0.15) is 0 Å². The molecule has 0 bridgehead atoms. The molecule has 4 nitrogen and oxygen atoms in total. The van der Waals surface area contributed by atoms with E-state index in [4.69, 9.17) is 4.74 Å². The third-order valence-corrected chi connectivity index (χ3v) is 2.92. The fourth-order valence-corrected chi connectivity index (χ4v) is 1.49. The highest BCUT2D eigenvalue weighted by molar-refractivity contribution is 5.70. The van der Waals surface area contributed by atoms with Crippen LogP contribution in [0.1, 0.15) is 32.3 Å². The molecule has 0 fully saturated rings. The first-order valence-electron chi connectivity index (χ1n) is 5.53. The van der Waals surface area contributed by atoms with Crippen molar-refractivity contribution in [3.8, 4) is 0 Å². The summed E-state index contributed by atoms with van der Waals surface area (Å²) in [5.41, 5.74) is 0.981. The van der Waals surface area contributed by atoms with E-state index in [0.29, 0.717) is 6.42 Å². The zero-order valence-electron chi connectivity index (χ0n) is 10.2. The molecule has 0 amide bonds. The summed E-state index contributed by atoms with van der Waals surface area (Å²) >= 11 is 0. The van der Waals surface area contributed by atoms with E-state index in [0.717, 1.165) is 13.0 Å². The number of carbonyl (C=O) groups is 1. The number of H-pyrrole nitrogens is 1. The minimum absolute atomic E-state index is 0.175. The van der Waals surface area contributed by atoms with Gasteiger partial charge in [0.1, 0.15) is 0 Å². The Hall–Kier alpha value is -1.29. The molecule has 0 aliphatic heterocycles. The molecule has 0 aliphatic carbocycles. The summed E-state index contributed by atoms with van der Waals surface area (Å²) in [6, 6.07) is 2.02. The summed E-state index contributed by atoms with van der Waals surface area (Å²) < 4.78 is 4.70. The molecule has 2 N–H and O–H groups in total. The van der Waals surface area contributed by atoms with Crippen LogP contribution in [0.5, 0.6) is 0 Å². The number of rotatable bonds is 6. The molecule has 0 spiro atoms. The molecular weight excluding hydrogens is 204 g/mol. The maximum Gasteiger partial charge on any atom is 0.307 e. The van der Waals surface area contributed by atoms with Crippen LogP contribution in [0.4, 0.5) is 0 Å². The Bertz CT molecular complexity index is 322. The summed E-state index contributed by atoms with van der Waals surface area (Å²) in [7, 11) is 1.42. The van der Waals surface area contributed by atoms with Crippen molar-refractivity contribution in [3.63, 3.8) is 0 Å². The molecule has 1 aromatic rings. The highest BCUT2D eigenvalue weighted by Crippen LogP contribution is 2.16. The van der Waals surface area contributed by atoms with Crippen molar-refractivity contribution in [2.45, 2.75) is 38.8 Å². The first-order chi connectivity index (χ1) is 7.59. The van der Waals surface area contributed by atoms with Crippen LogP contribution in [0.2, 0.25) is 0 Å². The van der Waals surface area contributed by atoms with Crippen LogP contribution in [0, 0.1) is 0 Å². The summed E-state index contributed by atoms with van der Waals surface area (Å²) in [5.74, 6) is -0.175. The lowest BCUT2D eigenvalue weighted by atomic mass is 9.94. The fraction of sp³-hybridized carbons (Fsp3) is 0.583. The molecule has 90 valence electrons. The molecule has 1 unspecified atom stereocenters. The van der Waals surface area contributed by atoms with Crippen molar-refractivity contribution in [1.82, 2.24) is 10.3 Å². The Balaban J connectivity index is 2.49. The van der Waals surface area contributed by atoms with E-state index < -0.39 is 0 Å². The molecule has 1 rings (SSSR count). The lowest BCUT2D eigenvalue weighted by Crippen LogP contribution is -2.43. The molecule has 0 saturated heterocycles. The Labute approximate surface area is 96.4 Å². The Morgan fingerprint density at radius 1 is 1.62 bits per heavy atom. The maximum absolute atomic E-state index is 11.3. The number of hydrogen-bond acceptors (Lipinski definition) is 3. The largest absolute Gasteiger partial charge is 0.469 e. The molecule has 0 aliphatic rings. The van der Waals surface area contributed by atoms with Crippen LogP contribution in [0.25, 0.3) is 0 Å². The molecule has 1 atom stereocenters. The number of carbonyl (C=O) groups excluding carboxylic acids is 1. The molecule has 0 saturated carbocycles. The van der Waals surface area contributed by atoms with Gasteiger partial charge in [-0.15, -0.1) is 0 Å². The van der Waals surface area contributed by atoms with Gasteiger partial charge >= 0.3 is 5.97 Å². The molecule has 4 heteroatoms. The van der Waals surface area contributed by atoms with Gasteiger partial charge in [0.15, 0.2) is 0 Å². The van der Waals surface area contributed by atoms with Gasteiger partial charge in [0.2, 0.25) is 0 Å². The molecule has 0 radical (unpaired) electrons. The van der Waals surface area contributed by atoms with Gasteiger partial charge in [-0.25, -0.2) is 0 Å². The molecule has 1 heterocycles. The van der Waals surface area contributed by atoms with E-state index in [1.165, 1.54) is 12.7 Å². The van der Waals surface area contributed by atoms with E-state index in [2.05, 4.69) is 17.2 Å². The van der Waals surface area contributed by atoms with Crippen molar-refractivity contribution in [1.29, 1.82) is 0 Å². The van der Waals surface area contributed by atoms with Crippen LogP contribution < -0.4 is 5.32 Å². The predicted octanol–water partition coefficient (Wildman–Crippen LogP) is 1.84. The molecule has 16 heavy (non-hydrogen) atoms. The van der Waals surface area contributed by atoms with Gasteiger partial charge in [-0.3, -0.25) is 4.79 Å². The Morgan fingerprint density at radius 2 is 2.38 bits per heavy atom. The van der Waals surface area contributed by atoms with Gasteiger partial charge in [0, 0.05) is 24.5 Å². The van der Waals surface area contributed by atoms with Crippen LogP contribution in [-0.4, -0.2) is 23.6 Å². The normalized spacial score (nSPS) is 14.4. The van der Waals surface area contributed by atoms with Crippen molar-refractivity contribution in [2.75, 3.05) is 7.11 Å². The monoisotopic (exact) mass is 224 g/mol. The van der Waals surface area contributed by atoms with Gasteiger partial charge in [0.05, 0.1) is 13.5 Å². The van der Waals surface area contributed by atoms with E-state index in [9.17, 15) is 4.79 Å². The average Bonchev–Trinajstić information content (AvgIpc) is 2.79. The Kier molecular flexibility index (Phi) is 4.55. The van der Waals surface area contributed by atoms with E-state index in [-0.39, 0.29) is 11.5 Å². The second-order valence-electron chi connectivity index (χ2n) is 4.24. The number of aromatic nitrogens is 1. The average molecular weight is 224 g/mol. The minimum atomic E-state index is -0.204. The maximum atomic E-state index is 11.3. The van der Waals surface area contributed by atoms with Crippen molar-refractivity contribution in [3.05, 3.63) is 24.0 Å². The van der Waals surface area contributed by atoms with E-state index in [1.54, 1.807) is 0 Å². The van der Waals surface area contributed by atoms with Gasteiger partial charge in [-0.05, 0) is 25.0 Å². The zero-order chi connectivity index (χ0) is 12.0. The van der Waals surface area contributed by atoms with Crippen LogP contribution in [0.3, 0.4) is 0 Å². The van der Waals surface area contributed by atoms with Gasteiger partial charge in [-0.1, -0.05) is 6.92 Å². The standard InChI is InChI=1S/C12H20N2O2/c1-4-12(2,7-11(15)16-3)14-9-10-5-6-13-8-10/h5-6,8,13-14H,4,7,9H2,1-3H3. The lowest BCUT2D eigenvalue weighted by Gasteiger charge is -2.28. The van der Waals surface area contributed by atoms with Crippen LogP contribution in [-0.2, 0) is 16.1 Å². The third kappa shape index (κ3) is 3.70. The summed E-state index contributed by atoms with van der Waals surface area (Å²) in [6.45, 7) is 4.86. The quantitative estimate of drug-likeness (QED) is 0.725. The SMILES string of the molecule is CCC(C)(CC(=O)OC)NCc1cc[nH]c1. The summed E-state index contributed by atoms with van der Waals surface area (Å²) in [5, 5.41) is 3.39. The van der Waals surface area contributed by atoms with Crippen LogP contribution in [0.15, 0.2) is 18.5 Å². The van der Waals surface area contributed by atoms with Crippen molar-refractivity contribution < 1.29 is 9.53 Å². The third-order valence-electron chi connectivity index (χ3n) is 2.92. The smallest absolute Gasteiger partial charge is 0.307 e. The first kappa shape index (κ1) is 12.8. The second-order valence-corrected chi connectivity index (χ2v) is 4.24.